The number of rotatable bonds is 7. The molecule has 1 aromatic carbocycles. The highest BCUT2D eigenvalue weighted by molar-refractivity contribution is 9.10. The zero-order valence-corrected chi connectivity index (χ0v) is 16.0. The van der Waals surface area contributed by atoms with Gasteiger partial charge in [0.15, 0.2) is 0 Å². The second-order valence-corrected chi connectivity index (χ2v) is 6.84. The summed E-state index contributed by atoms with van der Waals surface area (Å²) >= 11 is 15.1. The topological polar surface area (TPSA) is 80.6 Å². The van der Waals surface area contributed by atoms with Gasteiger partial charge in [-0.25, -0.2) is 0 Å². The smallest absolute Gasteiger partial charge is 0.251 e. The summed E-state index contributed by atoms with van der Waals surface area (Å²) in [5.41, 5.74) is -0.294. The van der Waals surface area contributed by atoms with Gasteiger partial charge in [0.05, 0.1) is 5.02 Å². The first-order valence-electron chi connectivity index (χ1n) is 7.24. The normalized spacial score (nSPS) is 11.8. The highest BCUT2D eigenvalue weighted by Crippen LogP contribution is 2.31. The van der Waals surface area contributed by atoms with Crippen LogP contribution in [0.1, 0.15) is 0 Å². The standard InChI is InChI=1S/C16H15BrCl2N2O4/c17-10-4-5-15(24)21(7-10)8-14(23)20-6-11(22)9-25-13-3-1-2-12(18)16(13)19/h1-5,7,11,22H,6,8-9H2,(H,20,23). The summed E-state index contributed by atoms with van der Waals surface area (Å²) in [6.07, 6.45) is 0.570. The number of pyridine rings is 1. The molecule has 0 aliphatic rings. The van der Waals surface area contributed by atoms with Gasteiger partial charge in [0.2, 0.25) is 5.91 Å². The third-order valence-corrected chi connectivity index (χ3v) is 4.41. The van der Waals surface area contributed by atoms with Gasteiger partial charge in [0.25, 0.3) is 5.56 Å². The fraction of sp³-hybridized carbons (Fsp3) is 0.250. The number of halogens is 3. The van der Waals surface area contributed by atoms with E-state index in [0.29, 0.717) is 15.2 Å². The van der Waals surface area contributed by atoms with Crippen LogP contribution in [0.2, 0.25) is 10.0 Å². The zero-order valence-electron chi connectivity index (χ0n) is 12.9. The lowest BCUT2D eigenvalue weighted by molar-refractivity contribution is -0.122. The van der Waals surface area contributed by atoms with Crippen LogP contribution in [0.3, 0.4) is 0 Å². The minimum atomic E-state index is -0.946. The van der Waals surface area contributed by atoms with Crippen LogP contribution in [-0.4, -0.2) is 34.8 Å². The van der Waals surface area contributed by atoms with E-state index in [2.05, 4.69) is 21.2 Å². The molecule has 1 aromatic heterocycles. The van der Waals surface area contributed by atoms with Crippen LogP contribution >= 0.6 is 39.1 Å². The number of aliphatic hydroxyl groups is 1. The molecule has 134 valence electrons. The van der Waals surface area contributed by atoms with Gasteiger partial charge in [-0.2, -0.15) is 0 Å². The van der Waals surface area contributed by atoms with Crippen molar-refractivity contribution in [1.82, 2.24) is 9.88 Å². The number of nitrogens with one attached hydrogen (secondary N) is 1. The van der Waals surface area contributed by atoms with Crippen molar-refractivity contribution in [3.8, 4) is 5.75 Å². The molecule has 25 heavy (non-hydrogen) atoms. The SMILES string of the molecule is O=C(Cn1cc(Br)ccc1=O)NCC(O)COc1cccc(Cl)c1Cl. The summed E-state index contributed by atoms with van der Waals surface area (Å²) in [5.74, 6) is -0.0553. The zero-order chi connectivity index (χ0) is 18.4. The second kappa shape index (κ2) is 9.24. The molecule has 0 aliphatic carbocycles. The highest BCUT2D eigenvalue weighted by Gasteiger charge is 2.11. The van der Waals surface area contributed by atoms with Crippen LogP contribution < -0.4 is 15.6 Å². The summed E-state index contributed by atoms with van der Waals surface area (Å²) in [5, 5.41) is 13.0. The maximum atomic E-state index is 11.9. The van der Waals surface area contributed by atoms with Crippen molar-refractivity contribution in [3.63, 3.8) is 0 Å². The van der Waals surface area contributed by atoms with E-state index in [1.165, 1.54) is 16.8 Å². The Morgan fingerprint density at radius 2 is 2.08 bits per heavy atom. The summed E-state index contributed by atoms with van der Waals surface area (Å²) in [6.45, 7) is -0.247. The van der Waals surface area contributed by atoms with Gasteiger partial charge in [-0.1, -0.05) is 29.3 Å². The Morgan fingerprint density at radius 3 is 2.84 bits per heavy atom. The molecular weight excluding hydrogens is 435 g/mol. The Bertz CT molecular complexity index is 813. The van der Waals surface area contributed by atoms with Crippen molar-refractivity contribution in [3.05, 3.63) is 61.4 Å². The molecule has 0 saturated carbocycles. The molecule has 0 fully saturated rings. The first kappa shape index (κ1) is 19.8. The van der Waals surface area contributed by atoms with Gasteiger partial charge in [0.1, 0.15) is 30.0 Å². The van der Waals surface area contributed by atoms with Crippen molar-refractivity contribution >= 4 is 45.0 Å². The van der Waals surface area contributed by atoms with E-state index < -0.39 is 12.0 Å². The van der Waals surface area contributed by atoms with Crippen molar-refractivity contribution in [2.75, 3.05) is 13.2 Å². The van der Waals surface area contributed by atoms with Crippen LogP contribution in [-0.2, 0) is 11.3 Å². The van der Waals surface area contributed by atoms with E-state index in [1.807, 2.05) is 0 Å². The quantitative estimate of drug-likeness (QED) is 0.680. The third kappa shape index (κ3) is 6.04. The fourth-order valence-corrected chi connectivity index (χ4v) is 2.63. The van der Waals surface area contributed by atoms with Gasteiger partial charge >= 0.3 is 0 Å². The second-order valence-electron chi connectivity index (χ2n) is 5.13. The molecule has 1 atom stereocenters. The number of ether oxygens (including phenoxy) is 1. The monoisotopic (exact) mass is 448 g/mol. The van der Waals surface area contributed by atoms with Crippen LogP contribution in [0.5, 0.6) is 5.75 Å². The Labute approximate surface area is 162 Å². The van der Waals surface area contributed by atoms with Crippen molar-refractivity contribution in [2.45, 2.75) is 12.6 Å². The van der Waals surface area contributed by atoms with Gasteiger partial charge in [-0.3, -0.25) is 9.59 Å². The number of carbonyl (C=O) groups excluding carboxylic acids is 1. The average Bonchev–Trinajstić information content (AvgIpc) is 2.57. The van der Waals surface area contributed by atoms with E-state index in [1.54, 1.807) is 24.3 Å². The number of aliphatic hydroxyl groups excluding tert-OH is 1. The summed E-state index contributed by atoms with van der Waals surface area (Å²) in [6, 6.07) is 7.87. The third-order valence-electron chi connectivity index (χ3n) is 3.14. The molecule has 2 N–H and O–H groups in total. The molecule has 2 rings (SSSR count). The average molecular weight is 450 g/mol. The van der Waals surface area contributed by atoms with Crippen LogP contribution in [0.15, 0.2) is 45.8 Å². The lowest BCUT2D eigenvalue weighted by Crippen LogP contribution is -2.38. The Morgan fingerprint density at radius 1 is 1.32 bits per heavy atom. The number of hydrogen-bond donors (Lipinski definition) is 2. The number of carbonyl (C=O) groups is 1. The number of amides is 1. The number of hydrogen-bond acceptors (Lipinski definition) is 4. The van der Waals surface area contributed by atoms with Gasteiger partial charge in [-0.05, 0) is 34.1 Å². The van der Waals surface area contributed by atoms with E-state index in [4.69, 9.17) is 27.9 Å². The molecular formula is C16H15BrCl2N2O4. The van der Waals surface area contributed by atoms with E-state index in [9.17, 15) is 14.7 Å². The molecule has 0 spiro atoms. The predicted molar refractivity (Wildman–Crippen MR) is 99.4 cm³/mol. The molecule has 0 aliphatic heterocycles. The first-order valence-corrected chi connectivity index (χ1v) is 8.79. The largest absolute Gasteiger partial charge is 0.489 e. The fourth-order valence-electron chi connectivity index (χ4n) is 1.91. The van der Waals surface area contributed by atoms with E-state index in [0.717, 1.165) is 0 Å². The molecule has 1 amide bonds. The van der Waals surface area contributed by atoms with Crippen molar-refractivity contribution < 1.29 is 14.6 Å². The highest BCUT2D eigenvalue weighted by atomic mass is 79.9. The van der Waals surface area contributed by atoms with Crippen LogP contribution in [0.25, 0.3) is 0 Å². The minimum absolute atomic E-state index is 0.0280. The summed E-state index contributed by atoms with van der Waals surface area (Å²) in [7, 11) is 0. The Kier molecular flexibility index (Phi) is 7.31. The summed E-state index contributed by atoms with van der Waals surface area (Å²) in [4.78, 5) is 23.5. The molecule has 0 radical (unpaired) electrons. The summed E-state index contributed by atoms with van der Waals surface area (Å²) < 4.78 is 7.33. The number of nitrogens with zero attached hydrogens (tertiary/aromatic N) is 1. The van der Waals surface area contributed by atoms with Crippen molar-refractivity contribution in [1.29, 1.82) is 0 Å². The van der Waals surface area contributed by atoms with Gasteiger partial charge in [0, 0.05) is 23.3 Å². The molecule has 0 bridgehead atoms. The number of aromatic nitrogens is 1. The molecule has 0 saturated heterocycles. The van der Waals surface area contributed by atoms with Gasteiger partial charge in [-0.15, -0.1) is 0 Å². The Balaban J connectivity index is 1.80. The van der Waals surface area contributed by atoms with Crippen LogP contribution in [0.4, 0.5) is 0 Å². The van der Waals surface area contributed by atoms with Crippen molar-refractivity contribution in [2.24, 2.45) is 0 Å². The van der Waals surface area contributed by atoms with E-state index >= 15 is 0 Å². The maximum Gasteiger partial charge on any atom is 0.251 e. The van der Waals surface area contributed by atoms with Gasteiger partial charge < -0.3 is 19.7 Å². The van der Waals surface area contributed by atoms with Crippen LogP contribution in [0, 0.1) is 0 Å². The lowest BCUT2D eigenvalue weighted by Gasteiger charge is -2.14. The number of benzene rings is 1. The first-order chi connectivity index (χ1) is 11.9. The molecule has 6 nitrogen and oxygen atoms in total. The molecule has 9 heteroatoms. The predicted octanol–water partition coefficient (Wildman–Crippen LogP) is 2.47. The Hall–Kier alpha value is -1.54. The van der Waals surface area contributed by atoms with E-state index in [-0.39, 0.29) is 30.3 Å². The lowest BCUT2D eigenvalue weighted by atomic mass is 10.3. The molecule has 2 aromatic rings. The maximum absolute atomic E-state index is 11.9. The minimum Gasteiger partial charge on any atom is -0.489 e. The molecule has 1 unspecified atom stereocenters. The molecule has 1 heterocycles.